The highest BCUT2D eigenvalue weighted by Crippen LogP contribution is 2.16. The van der Waals surface area contributed by atoms with Crippen LogP contribution in [0.1, 0.15) is 19.3 Å². The number of imidazole rings is 1. The van der Waals surface area contributed by atoms with Crippen molar-refractivity contribution in [1.29, 1.82) is 0 Å². The Morgan fingerprint density at radius 2 is 2.11 bits per heavy atom. The maximum Gasteiger partial charge on any atom is 0.313 e. The van der Waals surface area contributed by atoms with Gasteiger partial charge in [-0.3, -0.25) is 4.79 Å². The maximum absolute atomic E-state index is 10.5. The van der Waals surface area contributed by atoms with Gasteiger partial charge in [-0.15, -0.1) is 0 Å². The van der Waals surface area contributed by atoms with Crippen LogP contribution in [0.15, 0.2) is 17.6 Å². The summed E-state index contributed by atoms with van der Waals surface area (Å²) in [7, 11) is 0. The molecule has 0 amide bonds. The third kappa shape index (κ3) is 4.03. The summed E-state index contributed by atoms with van der Waals surface area (Å²) in [6.07, 6.45) is 7.60. The predicted molar refractivity (Wildman–Crippen MR) is 70.9 cm³/mol. The van der Waals surface area contributed by atoms with Crippen LogP contribution in [0.3, 0.4) is 0 Å². The number of hydrogen-bond acceptors (Lipinski definition) is 4. The summed E-state index contributed by atoms with van der Waals surface area (Å²) in [5.74, 6) is -0.730. The van der Waals surface area contributed by atoms with E-state index >= 15 is 0 Å². The standard InChI is InChI=1S/C12H19N3O2S/c16-11(17)10-18-12-13-4-7-15(12)9-8-14-5-2-1-3-6-14/h4,7H,1-3,5-6,8-10H2,(H,16,17). The topological polar surface area (TPSA) is 58.4 Å². The number of aromatic nitrogens is 2. The molecular weight excluding hydrogens is 250 g/mol. The summed E-state index contributed by atoms with van der Waals surface area (Å²) in [6, 6.07) is 0. The molecule has 1 N–H and O–H groups in total. The molecule has 1 saturated heterocycles. The molecule has 6 heteroatoms. The van der Waals surface area contributed by atoms with Gasteiger partial charge in [-0.1, -0.05) is 18.2 Å². The summed E-state index contributed by atoms with van der Waals surface area (Å²) >= 11 is 1.28. The van der Waals surface area contributed by atoms with E-state index in [0.717, 1.165) is 18.2 Å². The van der Waals surface area contributed by atoms with E-state index in [1.807, 2.05) is 10.8 Å². The molecule has 18 heavy (non-hydrogen) atoms. The normalized spacial score (nSPS) is 16.9. The first-order valence-corrected chi connectivity index (χ1v) is 7.32. The number of carbonyl (C=O) groups is 1. The fraction of sp³-hybridized carbons (Fsp3) is 0.667. The van der Waals surface area contributed by atoms with Crippen molar-refractivity contribution in [2.45, 2.75) is 31.0 Å². The van der Waals surface area contributed by atoms with Crippen molar-refractivity contribution in [2.24, 2.45) is 0 Å². The molecule has 2 rings (SSSR count). The molecule has 1 aromatic heterocycles. The molecule has 0 unspecified atom stereocenters. The van der Waals surface area contributed by atoms with Gasteiger partial charge in [0.15, 0.2) is 5.16 Å². The molecule has 0 bridgehead atoms. The molecule has 1 aliphatic rings. The number of thioether (sulfide) groups is 1. The van der Waals surface area contributed by atoms with E-state index in [1.165, 1.54) is 44.1 Å². The van der Waals surface area contributed by atoms with E-state index in [0.29, 0.717) is 0 Å². The van der Waals surface area contributed by atoms with Gasteiger partial charge in [-0.05, 0) is 25.9 Å². The molecule has 0 radical (unpaired) electrons. The Bertz CT molecular complexity index is 388. The first-order chi connectivity index (χ1) is 8.75. The fourth-order valence-electron chi connectivity index (χ4n) is 2.16. The van der Waals surface area contributed by atoms with Gasteiger partial charge in [-0.25, -0.2) is 4.98 Å². The van der Waals surface area contributed by atoms with Crippen LogP contribution in [-0.4, -0.2) is 50.9 Å². The van der Waals surface area contributed by atoms with Crippen molar-refractivity contribution in [1.82, 2.24) is 14.5 Å². The zero-order valence-corrected chi connectivity index (χ0v) is 11.2. The van der Waals surface area contributed by atoms with Gasteiger partial charge in [0.25, 0.3) is 0 Å². The van der Waals surface area contributed by atoms with Crippen LogP contribution in [0, 0.1) is 0 Å². The van der Waals surface area contributed by atoms with E-state index in [9.17, 15) is 4.79 Å². The summed E-state index contributed by atoms with van der Waals surface area (Å²) in [6.45, 7) is 4.29. The van der Waals surface area contributed by atoms with Gasteiger partial charge >= 0.3 is 5.97 Å². The third-order valence-electron chi connectivity index (χ3n) is 3.11. The van der Waals surface area contributed by atoms with Crippen molar-refractivity contribution < 1.29 is 9.90 Å². The second kappa shape index (κ2) is 6.80. The number of rotatable bonds is 6. The molecule has 5 nitrogen and oxygen atoms in total. The lowest BCUT2D eigenvalue weighted by molar-refractivity contribution is -0.133. The first-order valence-electron chi connectivity index (χ1n) is 6.34. The lowest BCUT2D eigenvalue weighted by Crippen LogP contribution is -2.32. The van der Waals surface area contributed by atoms with E-state index in [-0.39, 0.29) is 5.75 Å². The molecule has 1 aliphatic heterocycles. The summed E-state index contributed by atoms with van der Waals surface area (Å²) in [4.78, 5) is 17.2. The Kier molecular flexibility index (Phi) is 5.07. The smallest absolute Gasteiger partial charge is 0.313 e. The van der Waals surface area contributed by atoms with Crippen LogP contribution in [0.5, 0.6) is 0 Å². The number of likely N-dealkylation sites (tertiary alicyclic amines) is 1. The molecule has 0 atom stereocenters. The lowest BCUT2D eigenvalue weighted by atomic mass is 10.1. The SMILES string of the molecule is O=C(O)CSc1nccn1CCN1CCCCC1. The second-order valence-corrected chi connectivity index (χ2v) is 5.43. The Balaban J connectivity index is 1.81. The highest BCUT2D eigenvalue weighted by molar-refractivity contribution is 7.99. The van der Waals surface area contributed by atoms with Crippen molar-refractivity contribution >= 4 is 17.7 Å². The van der Waals surface area contributed by atoms with Crippen LogP contribution < -0.4 is 0 Å². The van der Waals surface area contributed by atoms with Gasteiger partial charge in [0.2, 0.25) is 0 Å². The van der Waals surface area contributed by atoms with Crippen LogP contribution in [0.25, 0.3) is 0 Å². The van der Waals surface area contributed by atoms with E-state index in [2.05, 4.69) is 9.88 Å². The number of aliphatic carboxylic acids is 1. The van der Waals surface area contributed by atoms with Crippen LogP contribution in [0.4, 0.5) is 0 Å². The molecule has 0 aromatic carbocycles. The number of hydrogen-bond donors (Lipinski definition) is 1. The monoisotopic (exact) mass is 269 g/mol. The van der Waals surface area contributed by atoms with Crippen LogP contribution in [-0.2, 0) is 11.3 Å². The molecule has 0 saturated carbocycles. The highest BCUT2D eigenvalue weighted by Gasteiger charge is 2.11. The largest absolute Gasteiger partial charge is 0.481 e. The minimum atomic E-state index is -0.800. The fourth-order valence-corrected chi connectivity index (χ4v) is 2.87. The second-order valence-electron chi connectivity index (χ2n) is 4.49. The Hall–Kier alpha value is -1.01. The van der Waals surface area contributed by atoms with E-state index in [1.54, 1.807) is 6.20 Å². The lowest BCUT2D eigenvalue weighted by Gasteiger charge is -2.26. The summed E-state index contributed by atoms with van der Waals surface area (Å²) < 4.78 is 2.04. The van der Waals surface area contributed by atoms with Crippen molar-refractivity contribution in [2.75, 3.05) is 25.4 Å². The minimum Gasteiger partial charge on any atom is -0.481 e. The maximum atomic E-state index is 10.5. The summed E-state index contributed by atoms with van der Waals surface area (Å²) in [5, 5.41) is 9.47. The Morgan fingerprint density at radius 1 is 1.33 bits per heavy atom. The van der Waals surface area contributed by atoms with Crippen LogP contribution in [0.2, 0.25) is 0 Å². The zero-order chi connectivity index (χ0) is 12.8. The number of carboxylic acids is 1. The zero-order valence-electron chi connectivity index (χ0n) is 10.4. The predicted octanol–water partition coefficient (Wildman–Crippen LogP) is 1.55. The van der Waals surface area contributed by atoms with Gasteiger partial charge in [0.1, 0.15) is 0 Å². The van der Waals surface area contributed by atoms with Crippen LogP contribution >= 0.6 is 11.8 Å². The Morgan fingerprint density at radius 3 is 2.83 bits per heavy atom. The quantitative estimate of drug-likeness (QED) is 0.794. The average Bonchev–Trinajstić information content (AvgIpc) is 2.82. The van der Waals surface area contributed by atoms with E-state index in [4.69, 9.17) is 5.11 Å². The summed E-state index contributed by atoms with van der Waals surface area (Å²) in [5.41, 5.74) is 0. The van der Waals surface area contributed by atoms with Gasteiger partial charge in [-0.2, -0.15) is 0 Å². The molecule has 1 aromatic rings. The molecule has 0 aliphatic carbocycles. The number of carboxylic acid groups (broad SMARTS) is 1. The average molecular weight is 269 g/mol. The molecule has 0 spiro atoms. The molecule has 2 heterocycles. The number of nitrogens with zero attached hydrogens (tertiary/aromatic N) is 3. The minimum absolute atomic E-state index is 0.0702. The molecule has 1 fully saturated rings. The van der Waals surface area contributed by atoms with Gasteiger partial charge < -0.3 is 14.6 Å². The van der Waals surface area contributed by atoms with Crippen molar-refractivity contribution in [3.05, 3.63) is 12.4 Å². The Labute approximate surface area is 111 Å². The molecule has 100 valence electrons. The molecular formula is C12H19N3O2S. The number of piperidine rings is 1. The van der Waals surface area contributed by atoms with E-state index < -0.39 is 5.97 Å². The van der Waals surface area contributed by atoms with Crippen molar-refractivity contribution in [3.8, 4) is 0 Å². The third-order valence-corrected chi connectivity index (χ3v) is 4.10. The van der Waals surface area contributed by atoms with Crippen molar-refractivity contribution in [3.63, 3.8) is 0 Å². The first kappa shape index (κ1) is 13.4. The van der Waals surface area contributed by atoms with Gasteiger partial charge in [0.05, 0.1) is 5.75 Å². The van der Waals surface area contributed by atoms with Gasteiger partial charge in [0, 0.05) is 25.5 Å². The highest BCUT2D eigenvalue weighted by atomic mass is 32.2.